The molecule has 0 bridgehead atoms. The molecule has 0 N–H and O–H groups in total. The lowest BCUT2D eigenvalue weighted by Crippen LogP contribution is -2.04. The van der Waals surface area contributed by atoms with E-state index >= 15 is 0 Å². The largest absolute Gasteiger partial charge is 0.294 e. The zero-order chi connectivity index (χ0) is 13.0. The first kappa shape index (κ1) is 12.5. The minimum Gasteiger partial charge on any atom is -0.294 e. The molecule has 1 aromatic heterocycles. The third-order valence-electron chi connectivity index (χ3n) is 3.22. The van der Waals surface area contributed by atoms with Crippen molar-refractivity contribution in [3.63, 3.8) is 0 Å². The van der Waals surface area contributed by atoms with Gasteiger partial charge < -0.3 is 0 Å². The second-order valence-electron chi connectivity index (χ2n) is 4.54. The Kier molecular flexibility index (Phi) is 3.88. The molecule has 0 aliphatic rings. The monoisotopic (exact) mass is 239 g/mol. The predicted octanol–water partition coefficient (Wildman–Crippen LogP) is 3.51. The number of benzene rings is 1. The van der Waals surface area contributed by atoms with Crippen molar-refractivity contribution < 1.29 is 4.79 Å². The van der Waals surface area contributed by atoms with E-state index in [0.717, 1.165) is 17.5 Å². The zero-order valence-electron chi connectivity index (χ0n) is 10.8. The topological polar surface area (TPSA) is 30.0 Å². The number of carbonyl (C=O) groups excluding carboxylic acids is 1. The smallest absolute Gasteiger partial charge is 0.165 e. The minimum absolute atomic E-state index is 0.170. The van der Waals surface area contributed by atoms with E-state index < -0.39 is 0 Å². The molecule has 0 aliphatic heterocycles. The summed E-state index contributed by atoms with van der Waals surface area (Å²) in [4.78, 5) is 16.1. The van der Waals surface area contributed by atoms with Crippen LogP contribution in [-0.2, 0) is 6.42 Å². The molecule has 0 radical (unpaired) electrons. The molecule has 2 aromatic rings. The van der Waals surface area contributed by atoms with Gasteiger partial charge in [0.05, 0.1) is 0 Å². The van der Waals surface area contributed by atoms with E-state index in [9.17, 15) is 4.79 Å². The van der Waals surface area contributed by atoms with Gasteiger partial charge in [-0.1, -0.05) is 24.3 Å². The third kappa shape index (κ3) is 2.83. The van der Waals surface area contributed by atoms with Gasteiger partial charge in [-0.2, -0.15) is 0 Å². The van der Waals surface area contributed by atoms with Crippen molar-refractivity contribution in [1.29, 1.82) is 0 Å². The molecule has 1 heterocycles. The van der Waals surface area contributed by atoms with Crippen molar-refractivity contribution in [2.45, 2.75) is 26.7 Å². The summed E-state index contributed by atoms with van der Waals surface area (Å²) in [6.07, 6.45) is 4.71. The van der Waals surface area contributed by atoms with E-state index in [2.05, 4.69) is 24.0 Å². The summed E-state index contributed by atoms with van der Waals surface area (Å²) < 4.78 is 0. The molecule has 0 fully saturated rings. The Labute approximate surface area is 108 Å². The van der Waals surface area contributed by atoms with Crippen LogP contribution < -0.4 is 0 Å². The molecule has 2 rings (SSSR count). The van der Waals surface area contributed by atoms with Crippen LogP contribution >= 0.6 is 0 Å². The Morgan fingerprint density at radius 1 is 1.11 bits per heavy atom. The summed E-state index contributed by atoms with van der Waals surface area (Å²) in [6.45, 7) is 4.03. The van der Waals surface area contributed by atoms with Gasteiger partial charge in [-0.25, -0.2) is 0 Å². The Morgan fingerprint density at radius 3 is 2.61 bits per heavy atom. The second-order valence-corrected chi connectivity index (χ2v) is 4.54. The second kappa shape index (κ2) is 5.58. The molecule has 0 unspecified atom stereocenters. The van der Waals surface area contributed by atoms with Crippen molar-refractivity contribution in [3.05, 3.63) is 65.0 Å². The van der Waals surface area contributed by atoms with Crippen LogP contribution in [0, 0.1) is 13.8 Å². The standard InChI is InChI=1S/C16H17NO/c1-12-5-3-4-6-14(12)7-8-16(18)15-11-17-10-9-13(15)2/h3-6,9-11H,7-8H2,1-2H3. The summed E-state index contributed by atoms with van der Waals surface area (Å²) in [7, 11) is 0. The summed E-state index contributed by atoms with van der Waals surface area (Å²) in [5.74, 6) is 0.170. The first-order valence-corrected chi connectivity index (χ1v) is 6.17. The zero-order valence-corrected chi connectivity index (χ0v) is 10.8. The van der Waals surface area contributed by atoms with Gasteiger partial charge in [0, 0.05) is 24.4 Å². The average Bonchev–Trinajstić information content (AvgIpc) is 2.38. The van der Waals surface area contributed by atoms with Gasteiger partial charge in [0.15, 0.2) is 5.78 Å². The maximum Gasteiger partial charge on any atom is 0.165 e. The Hall–Kier alpha value is -1.96. The van der Waals surface area contributed by atoms with Crippen LogP contribution in [0.3, 0.4) is 0 Å². The predicted molar refractivity (Wildman–Crippen MR) is 72.8 cm³/mol. The Balaban J connectivity index is 2.06. The quantitative estimate of drug-likeness (QED) is 0.764. The fourth-order valence-corrected chi connectivity index (χ4v) is 2.03. The number of pyridine rings is 1. The van der Waals surface area contributed by atoms with Crippen LogP contribution in [0.5, 0.6) is 0 Å². The minimum atomic E-state index is 0.170. The molecule has 1 aromatic carbocycles. The number of hydrogen-bond acceptors (Lipinski definition) is 2. The lowest BCUT2D eigenvalue weighted by atomic mass is 9.99. The number of carbonyl (C=O) groups is 1. The van der Waals surface area contributed by atoms with E-state index in [4.69, 9.17) is 0 Å². The molecular weight excluding hydrogens is 222 g/mol. The number of aromatic nitrogens is 1. The highest BCUT2D eigenvalue weighted by Crippen LogP contribution is 2.13. The van der Waals surface area contributed by atoms with Gasteiger partial charge in [0.25, 0.3) is 0 Å². The number of hydrogen-bond donors (Lipinski definition) is 0. The number of ketones is 1. The number of nitrogens with zero attached hydrogens (tertiary/aromatic N) is 1. The highest BCUT2D eigenvalue weighted by molar-refractivity contribution is 5.97. The van der Waals surface area contributed by atoms with Crippen LogP contribution in [0.4, 0.5) is 0 Å². The van der Waals surface area contributed by atoms with Crippen molar-refractivity contribution >= 4 is 5.78 Å². The van der Waals surface area contributed by atoms with Crippen LogP contribution in [0.2, 0.25) is 0 Å². The van der Waals surface area contributed by atoms with Gasteiger partial charge >= 0.3 is 0 Å². The normalized spacial score (nSPS) is 10.3. The summed E-state index contributed by atoms with van der Waals surface area (Å²) in [5, 5.41) is 0. The third-order valence-corrected chi connectivity index (χ3v) is 3.22. The first-order chi connectivity index (χ1) is 8.68. The molecule has 0 saturated carbocycles. The molecule has 2 heteroatoms. The van der Waals surface area contributed by atoms with Crippen LogP contribution in [-0.4, -0.2) is 10.8 Å². The fraction of sp³-hybridized carbons (Fsp3) is 0.250. The van der Waals surface area contributed by atoms with Crippen LogP contribution in [0.15, 0.2) is 42.7 Å². The Morgan fingerprint density at radius 2 is 1.89 bits per heavy atom. The van der Waals surface area contributed by atoms with Gasteiger partial charge in [-0.05, 0) is 43.0 Å². The fourth-order valence-electron chi connectivity index (χ4n) is 2.03. The maximum absolute atomic E-state index is 12.1. The van der Waals surface area contributed by atoms with Crippen molar-refractivity contribution in [3.8, 4) is 0 Å². The highest BCUT2D eigenvalue weighted by Gasteiger charge is 2.09. The van der Waals surface area contributed by atoms with Crippen LogP contribution in [0.1, 0.15) is 33.5 Å². The number of aryl methyl sites for hydroxylation is 3. The number of Topliss-reactive ketones (excluding diaryl/α,β-unsaturated/α-hetero) is 1. The highest BCUT2D eigenvalue weighted by atomic mass is 16.1. The van der Waals surface area contributed by atoms with E-state index in [1.165, 1.54) is 11.1 Å². The SMILES string of the molecule is Cc1ccccc1CCC(=O)c1cnccc1C. The van der Waals surface area contributed by atoms with Crippen LogP contribution in [0.25, 0.3) is 0 Å². The lowest BCUT2D eigenvalue weighted by molar-refractivity contribution is 0.0982. The van der Waals surface area contributed by atoms with Crippen molar-refractivity contribution in [1.82, 2.24) is 4.98 Å². The molecular formula is C16H17NO. The van der Waals surface area contributed by atoms with Gasteiger partial charge in [-0.15, -0.1) is 0 Å². The molecule has 0 spiro atoms. The van der Waals surface area contributed by atoms with E-state index in [1.807, 2.05) is 25.1 Å². The summed E-state index contributed by atoms with van der Waals surface area (Å²) in [5.41, 5.74) is 4.23. The molecule has 18 heavy (non-hydrogen) atoms. The molecule has 0 aliphatic carbocycles. The molecule has 0 atom stereocenters. The van der Waals surface area contributed by atoms with E-state index in [1.54, 1.807) is 12.4 Å². The molecule has 2 nitrogen and oxygen atoms in total. The lowest BCUT2D eigenvalue weighted by Gasteiger charge is -2.06. The summed E-state index contributed by atoms with van der Waals surface area (Å²) in [6, 6.07) is 10.1. The van der Waals surface area contributed by atoms with E-state index in [-0.39, 0.29) is 5.78 Å². The van der Waals surface area contributed by atoms with Crippen molar-refractivity contribution in [2.24, 2.45) is 0 Å². The van der Waals surface area contributed by atoms with Gasteiger partial charge in [0.2, 0.25) is 0 Å². The Bertz CT molecular complexity index is 561. The average molecular weight is 239 g/mol. The molecule has 92 valence electrons. The van der Waals surface area contributed by atoms with E-state index in [0.29, 0.717) is 6.42 Å². The summed E-state index contributed by atoms with van der Waals surface area (Å²) >= 11 is 0. The first-order valence-electron chi connectivity index (χ1n) is 6.17. The van der Waals surface area contributed by atoms with Gasteiger partial charge in [-0.3, -0.25) is 9.78 Å². The molecule has 0 amide bonds. The maximum atomic E-state index is 12.1. The number of rotatable bonds is 4. The van der Waals surface area contributed by atoms with Gasteiger partial charge in [0.1, 0.15) is 0 Å². The van der Waals surface area contributed by atoms with Crippen molar-refractivity contribution in [2.75, 3.05) is 0 Å². The molecule has 0 saturated heterocycles.